The summed E-state index contributed by atoms with van der Waals surface area (Å²) in [6.45, 7) is 3.85. The highest BCUT2D eigenvalue weighted by Crippen LogP contribution is 2.35. The Morgan fingerprint density at radius 3 is 2.76 bits per heavy atom. The smallest absolute Gasteiger partial charge is 0.262 e. The van der Waals surface area contributed by atoms with Gasteiger partial charge in [0, 0.05) is 51.1 Å². The number of nitrogens with one attached hydrogen (secondary N) is 1. The van der Waals surface area contributed by atoms with E-state index in [-0.39, 0.29) is 43.8 Å². The third-order valence-corrected chi connectivity index (χ3v) is 4.69. The summed E-state index contributed by atoms with van der Waals surface area (Å²) in [5, 5.41) is 6.35. The van der Waals surface area contributed by atoms with Crippen LogP contribution in [0.1, 0.15) is 24.8 Å². The molecule has 2 aliphatic rings. The van der Waals surface area contributed by atoms with Gasteiger partial charge in [-0.15, -0.1) is 0 Å². The number of nitrogens with zero attached hydrogens (tertiary/aromatic N) is 3. The predicted octanol–water partition coefficient (Wildman–Crippen LogP) is 0.582. The number of likely N-dealkylation sites (tertiary alicyclic amines) is 2. The maximum atomic E-state index is 13.8. The fourth-order valence-electron chi connectivity index (χ4n) is 3.43. The number of aryl methyl sites for hydroxylation is 1. The fourth-order valence-corrected chi connectivity index (χ4v) is 3.43. The first-order valence-corrected chi connectivity index (χ1v) is 8.31. The summed E-state index contributed by atoms with van der Waals surface area (Å²) >= 11 is 0. The van der Waals surface area contributed by atoms with E-state index in [1.807, 2.05) is 0 Å². The molecule has 2 fully saturated rings. The van der Waals surface area contributed by atoms with Gasteiger partial charge in [0.1, 0.15) is 5.76 Å². The number of carbonyl (C=O) groups is 2. The molecular formula is C16H22F2N4O3. The van der Waals surface area contributed by atoms with Crippen LogP contribution in [0.2, 0.25) is 0 Å². The van der Waals surface area contributed by atoms with Gasteiger partial charge in [0.25, 0.3) is 5.92 Å². The van der Waals surface area contributed by atoms with Gasteiger partial charge in [0.2, 0.25) is 11.8 Å². The standard InChI is InChI=1S/C16H22F2N4O3/c1-10-3-14(25-20-10)4-15(24)21-7-13(8-21)22-9-16(17,18)5-12(22)6-19-11(2)23/h3,12-13H,4-9H2,1-2H3,(H,19,23)/t12-/m0/s1. The highest BCUT2D eigenvalue weighted by atomic mass is 19.3. The molecule has 3 rings (SSSR count). The number of hydrogen-bond donors (Lipinski definition) is 1. The first-order valence-electron chi connectivity index (χ1n) is 8.31. The van der Waals surface area contributed by atoms with E-state index in [0.29, 0.717) is 24.5 Å². The Labute approximate surface area is 144 Å². The van der Waals surface area contributed by atoms with Gasteiger partial charge in [-0.3, -0.25) is 14.5 Å². The molecule has 2 aliphatic heterocycles. The second kappa shape index (κ2) is 6.70. The summed E-state index contributed by atoms with van der Waals surface area (Å²) in [4.78, 5) is 26.6. The average molecular weight is 356 g/mol. The van der Waals surface area contributed by atoms with Crippen LogP contribution in [0.25, 0.3) is 0 Å². The van der Waals surface area contributed by atoms with Crippen molar-refractivity contribution in [1.29, 1.82) is 0 Å². The van der Waals surface area contributed by atoms with Gasteiger partial charge in [0.05, 0.1) is 18.7 Å². The molecule has 0 spiro atoms. The van der Waals surface area contributed by atoms with Crippen molar-refractivity contribution in [3.8, 4) is 0 Å². The number of aromatic nitrogens is 1. The van der Waals surface area contributed by atoms with E-state index in [9.17, 15) is 18.4 Å². The second-order valence-electron chi connectivity index (χ2n) is 6.89. The first-order chi connectivity index (χ1) is 11.7. The van der Waals surface area contributed by atoms with E-state index in [2.05, 4.69) is 10.5 Å². The van der Waals surface area contributed by atoms with Crippen molar-refractivity contribution in [2.45, 2.75) is 44.7 Å². The number of carbonyl (C=O) groups excluding carboxylic acids is 2. The number of halogens is 2. The molecule has 25 heavy (non-hydrogen) atoms. The van der Waals surface area contributed by atoms with Gasteiger partial charge in [-0.1, -0.05) is 5.16 Å². The minimum Gasteiger partial charge on any atom is -0.361 e. The fraction of sp³-hybridized carbons (Fsp3) is 0.688. The van der Waals surface area contributed by atoms with Crippen LogP contribution in [0.4, 0.5) is 8.78 Å². The molecule has 2 saturated heterocycles. The third-order valence-electron chi connectivity index (χ3n) is 4.69. The predicted molar refractivity (Wildman–Crippen MR) is 84.1 cm³/mol. The molecule has 0 unspecified atom stereocenters. The highest BCUT2D eigenvalue weighted by molar-refractivity contribution is 5.79. The lowest BCUT2D eigenvalue weighted by atomic mass is 10.0. The molecule has 0 radical (unpaired) electrons. The van der Waals surface area contributed by atoms with Crippen LogP contribution in [0.5, 0.6) is 0 Å². The van der Waals surface area contributed by atoms with Crippen LogP contribution >= 0.6 is 0 Å². The zero-order valence-corrected chi connectivity index (χ0v) is 14.3. The Morgan fingerprint density at radius 1 is 1.44 bits per heavy atom. The quantitative estimate of drug-likeness (QED) is 0.835. The minimum atomic E-state index is -2.76. The summed E-state index contributed by atoms with van der Waals surface area (Å²) in [5.74, 6) is -2.59. The van der Waals surface area contributed by atoms with E-state index in [1.54, 1.807) is 22.8 Å². The molecule has 138 valence electrons. The zero-order chi connectivity index (χ0) is 18.2. The van der Waals surface area contributed by atoms with Crippen molar-refractivity contribution < 1.29 is 22.9 Å². The van der Waals surface area contributed by atoms with Gasteiger partial charge in [-0.2, -0.15) is 0 Å². The highest BCUT2D eigenvalue weighted by Gasteiger charge is 2.50. The van der Waals surface area contributed by atoms with E-state index < -0.39 is 12.0 Å². The van der Waals surface area contributed by atoms with Gasteiger partial charge in [0.15, 0.2) is 0 Å². The molecule has 0 aliphatic carbocycles. The van der Waals surface area contributed by atoms with E-state index in [4.69, 9.17) is 4.52 Å². The van der Waals surface area contributed by atoms with Crippen molar-refractivity contribution in [3.63, 3.8) is 0 Å². The minimum absolute atomic E-state index is 0.100. The van der Waals surface area contributed by atoms with Crippen LogP contribution in [0, 0.1) is 6.92 Å². The lowest BCUT2D eigenvalue weighted by molar-refractivity contribution is -0.138. The third kappa shape index (κ3) is 4.15. The molecule has 1 aromatic heterocycles. The van der Waals surface area contributed by atoms with Crippen LogP contribution in [0.3, 0.4) is 0 Å². The topological polar surface area (TPSA) is 78.7 Å². The molecule has 1 N–H and O–H groups in total. The number of alkyl halides is 2. The Morgan fingerprint density at radius 2 is 2.16 bits per heavy atom. The Kier molecular flexibility index (Phi) is 4.77. The summed E-state index contributed by atoms with van der Waals surface area (Å²) < 4.78 is 32.6. The summed E-state index contributed by atoms with van der Waals surface area (Å²) in [5.41, 5.74) is 0.712. The monoisotopic (exact) mass is 356 g/mol. The van der Waals surface area contributed by atoms with Crippen molar-refractivity contribution in [2.75, 3.05) is 26.2 Å². The lowest BCUT2D eigenvalue weighted by Gasteiger charge is -2.45. The molecule has 9 heteroatoms. The summed E-state index contributed by atoms with van der Waals surface area (Å²) in [6.07, 6.45) is -0.145. The second-order valence-corrected chi connectivity index (χ2v) is 6.89. The first kappa shape index (κ1) is 17.8. The van der Waals surface area contributed by atoms with Crippen molar-refractivity contribution in [3.05, 3.63) is 17.5 Å². The van der Waals surface area contributed by atoms with Gasteiger partial charge in [-0.25, -0.2) is 8.78 Å². The largest absolute Gasteiger partial charge is 0.361 e. The molecule has 1 atom stereocenters. The lowest BCUT2D eigenvalue weighted by Crippen LogP contribution is -2.63. The van der Waals surface area contributed by atoms with Crippen LogP contribution in [-0.2, 0) is 16.0 Å². The Hall–Kier alpha value is -2.03. The average Bonchev–Trinajstić information content (AvgIpc) is 2.98. The molecule has 0 bridgehead atoms. The summed E-state index contributed by atoms with van der Waals surface area (Å²) in [6, 6.07) is 1.20. The van der Waals surface area contributed by atoms with Gasteiger partial charge < -0.3 is 14.7 Å². The van der Waals surface area contributed by atoms with E-state index in [0.717, 1.165) is 0 Å². The SMILES string of the molecule is CC(=O)NC[C@@H]1CC(F)(F)CN1C1CN(C(=O)Cc2cc(C)no2)C1. The maximum Gasteiger partial charge on any atom is 0.262 e. The maximum absolute atomic E-state index is 13.8. The van der Waals surface area contributed by atoms with E-state index in [1.165, 1.54) is 6.92 Å². The van der Waals surface area contributed by atoms with Gasteiger partial charge >= 0.3 is 0 Å². The van der Waals surface area contributed by atoms with Crippen LogP contribution in [-0.4, -0.2) is 71.0 Å². The molecule has 0 aromatic carbocycles. The van der Waals surface area contributed by atoms with Crippen molar-refractivity contribution >= 4 is 11.8 Å². The molecule has 1 aromatic rings. The molecule has 7 nitrogen and oxygen atoms in total. The number of amides is 2. The number of hydrogen-bond acceptors (Lipinski definition) is 5. The normalized spacial score (nSPS) is 23.5. The van der Waals surface area contributed by atoms with Crippen LogP contribution in [0.15, 0.2) is 10.6 Å². The van der Waals surface area contributed by atoms with Crippen molar-refractivity contribution in [2.24, 2.45) is 0 Å². The zero-order valence-electron chi connectivity index (χ0n) is 14.3. The number of rotatable bonds is 5. The molecular weight excluding hydrogens is 334 g/mol. The Balaban J connectivity index is 1.53. The summed E-state index contributed by atoms with van der Waals surface area (Å²) in [7, 11) is 0. The van der Waals surface area contributed by atoms with Crippen LogP contribution < -0.4 is 5.32 Å². The molecule has 3 heterocycles. The van der Waals surface area contributed by atoms with E-state index >= 15 is 0 Å². The Bertz CT molecular complexity index is 658. The van der Waals surface area contributed by atoms with Gasteiger partial charge in [-0.05, 0) is 6.92 Å². The van der Waals surface area contributed by atoms with Crippen molar-refractivity contribution in [1.82, 2.24) is 20.3 Å². The molecule has 0 saturated carbocycles. The molecule has 2 amide bonds.